The minimum absolute atomic E-state index is 0.000611. The second-order valence-corrected chi connectivity index (χ2v) is 6.43. The van der Waals surface area contributed by atoms with Gasteiger partial charge in [-0.15, -0.1) is 0 Å². The summed E-state index contributed by atoms with van der Waals surface area (Å²) >= 11 is 0. The van der Waals surface area contributed by atoms with Crippen LogP contribution in [0.2, 0.25) is 0 Å². The zero-order chi connectivity index (χ0) is 15.2. The molecule has 2 heterocycles. The van der Waals surface area contributed by atoms with E-state index in [1.54, 1.807) is 12.1 Å². The van der Waals surface area contributed by atoms with Gasteiger partial charge >= 0.3 is 7.12 Å². The Morgan fingerprint density at radius 3 is 3.00 bits per heavy atom. The number of benzene rings is 1. The fourth-order valence-electron chi connectivity index (χ4n) is 2.86. The lowest BCUT2D eigenvalue weighted by molar-refractivity contribution is -0.0755. The number of amides is 1. The van der Waals surface area contributed by atoms with Crippen molar-refractivity contribution >= 4 is 18.5 Å². The first kappa shape index (κ1) is 14.6. The molecule has 0 aromatic heterocycles. The van der Waals surface area contributed by atoms with E-state index in [1.165, 1.54) is 0 Å². The molecule has 0 aliphatic carbocycles. The summed E-state index contributed by atoms with van der Waals surface area (Å²) in [6.45, 7) is 7.46. The van der Waals surface area contributed by atoms with Crippen LogP contribution in [0.15, 0.2) is 18.2 Å². The number of morpholine rings is 1. The highest BCUT2D eigenvalue weighted by molar-refractivity contribution is 6.61. The van der Waals surface area contributed by atoms with Crippen molar-refractivity contribution in [3.8, 4) is 0 Å². The second kappa shape index (κ2) is 5.12. The van der Waals surface area contributed by atoms with E-state index in [9.17, 15) is 9.82 Å². The molecule has 21 heavy (non-hydrogen) atoms. The Hall–Kier alpha value is -1.37. The maximum atomic E-state index is 12.8. The Bertz CT molecular complexity index is 575. The number of nitrogens with zero attached hydrogens (tertiary/aromatic N) is 1. The van der Waals surface area contributed by atoms with Crippen molar-refractivity contribution in [1.82, 2.24) is 4.90 Å². The van der Waals surface area contributed by atoms with Gasteiger partial charge in [0, 0.05) is 12.1 Å². The SMILES string of the molecule is CC1CN(C(=O)c2ccc3c(c2)COB3O)C(C)(C)CO1. The summed E-state index contributed by atoms with van der Waals surface area (Å²) in [5, 5.41) is 9.64. The summed E-state index contributed by atoms with van der Waals surface area (Å²) in [7, 11) is -0.871. The molecule has 1 unspecified atom stereocenters. The highest BCUT2D eigenvalue weighted by atomic mass is 16.5. The Morgan fingerprint density at radius 1 is 1.48 bits per heavy atom. The molecule has 1 N–H and O–H groups in total. The van der Waals surface area contributed by atoms with Crippen LogP contribution in [0.3, 0.4) is 0 Å². The second-order valence-electron chi connectivity index (χ2n) is 6.43. The number of rotatable bonds is 1. The van der Waals surface area contributed by atoms with Crippen molar-refractivity contribution in [2.75, 3.05) is 13.2 Å². The van der Waals surface area contributed by atoms with Gasteiger partial charge in [0.1, 0.15) is 0 Å². The monoisotopic (exact) mass is 289 g/mol. The molecule has 1 saturated heterocycles. The van der Waals surface area contributed by atoms with Crippen molar-refractivity contribution < 1.29 is 19.2 Å². The van der Waals surface area contributed by atoms with Crippen LogP contribution in [0.5, 0.6) is 0 Å². The average molecular weight is 289 g/mol. The smallest absolute Gasteiger partial charge is 0.423 e. The lowest BCUT2D eigenvalue weighted by atomic mass is 9.79. The molecule has 2 aliphatic heterocycles. The largest absolute Gasteiger partial charge is 0.491 e. The Morgan fingerprint density at radius 2 is 2.24 bits per heavy atom. The number of hydrogen-bond donors (Lipinski definition) is 1. The molecule has 1 atom stereocenters. The number of carbonyl (C=O) groups excluding carboxylic acids is 1. The summed E-state index contributed by atoms with van der Waals surface area (Å²) in [6.07, 6.45) is 0.0431. The lowest BCUT2D eigenvalue weighted by Crippen LogP contribution is -2.57. The van der Waals surface area contributed by atoms with Crippen molar-refractivity contribution in [2.24, 2.45) is 0 Å². The molecular weight excluding hydrogens is 269 g/mol. The van der Waals surface area contributed by atoms with Crippen molar-refractivity contribution in [1.29, 1.82) is 0 Å². The van der Waals surface area contributed by atoms with Crippen LogP contribution in [0.25, 0.3) is 0 Å². The number of carbonyl (C=O) groups is 1. The number of ether oxygens (including phenoxy) is 1. The number of hydrogen-bond acceptors (Lipinski definition) is 4. The number of fused-ring (bicyclic) bond motifs is 1. The minimum Gasteiger partial charge on any atom is -0.423 e. The average Bonchev–Trinajstić information content (AvgIpc) is 2.82. The van der Waals surface area contributed by atoms with Gasteiger partial charge in [0.05, 0.1) is 24.9 Å². The molecule has 1 fully saturated rings. The van der Waals surface area contributed by atoms with Gasteiger partial charge in [-0.2, -0.15) is 0 Å². The third-order valence-electron chi connectivity index (χ3n) is 4.19. The summed E-state index contributed by atoms with van der Waals surface area (Å²) in [5.41, 5.74) is 1.95. The van der Waals surface area contributed by atoms with E-state index in [1.807, 2.05) is 31.7 Å². The van der Waals surface area contributed by atoms with E-state index >= 15 is 0 Å². The molecule has 0 saturated carbocycles. The quantitative estimate of drug-likeness (QED) is 0.767. The van der Waals surface area contributed by atoms with E-state index < -0.39 is 7.12 Å². The van der Waals surface area contributed by atoms with E-state index in [0.29, 0.717) is 25.3 Å². The molecule has 6 heteroatoms. The summed E-state index contributed by atoms with van der Waals surface area (Å²) < 4.78 is 10.8. The molecule has 5 nitrogen and oxygen atoms in total. The van der Waals surface area contributed by atoms with Gasteiger partial charge < -0.3 is 19.3 Å². The van der Waals surface area contributed by atoms with Gasteiger partial charge in [0.25, 0.3) is 5.91 Å². The highest BCUT2D eigenvalue weighted by Gasteiger charge is 2.37. The van der Waals surface area contributed by atoms with Crippen molar-refractivity contribution in [2.45, 2.75) is 39.0 Å². The summed E-state index contributed by atoms with van der Waals surface area (Å²) in [5.74, 6) is -0.000611. The Labute approximate surface area is 125 Å². The predicted molar refractivity (Wildman–Crippen MR) is 79.4 cm³/mol. The first-order valence-electron chi connectivity index (χ1n) is 7.24. The zero-order valence-corrected chi connectivity index (χ0v) is 12.6. The van der Waals surface area contributed by atoms with Crippen LogP contribution >= 0.6 is 0 Å². The topological polar surface area (TPSA) is 59.0 Å². The zero-order valence-electron chi connectivity index (χ0n) is 12.6. The molecule has 0 bridgehead atoms. The molecule has 2 aliphatic rings. The highest BCUT2D eigenvalue weighted by Crippen LogP contribution is 2.25. The van der Waals surface area contributed by atoms with Gasteiger partial charge in [-0.1, -0.05) is 6.07 Å². The van der Waals surface area contributed by atoms with Crippen molar-refractivity contribution in [3.63, 3.8) is 0 Å². The molecule has 0 spiro atoms. The van der Waals surface area contributed by atoms with Gasteiger partial charge in [0.15, 0.2) is 0 Å². The maximum Gasteiger partial charge on any atom is 0.491 e. The standard InChI is InChI=1S/C15H20BNO4/c1-10-7-17(15(2,3)9-20-10)14(18)11-4-5-13-12(6-11)8-21-16(13)19/h4-6,10,19H,7-9H2,1-3H3. The third kappa shape index (κ3) is 2.59. The van der Waals surface area contributed by atoms with Gasteiger partial charge in [-0.25, -0.2) is 0 Å². The first-order chi connectivity index (χ1) is 9.88. The molecule has 112 valence electrons. The summed E-state index contributed by atoms with van der Waals surface area (Å²) in [4.78, 5) is 14.7. The normalized spacial score (nSPS) is 24.1. The van der Waals surface area contributed by atoms with Crippen molar-refractivity contribution in [3.05, 3.63) is 29.3 Å². The van der Waals surface area contributed by atoms with E-state index in [4.69, 9.17) is 9.39 Å². The first-order valence-corrected chi connectivity index (χ1v) is 7.24. The van der Waals surface area contributed by atoms with Gasteiger partial charge in [0.2, 0.25) is 0 Å². The minimum atomic E-state index is -0.871. The van der Waals surface area contributed by atoms with E-state index in [-0.39, 0.29) is 17.6 Å². The molecule has 1 aromatic rings. The fraction of sp³-hybridized carbons (Fsp3) is 0.533. The Kier molecular flexibility index (Phi) is 3.55. The molecular formula is C15H20BNO4. The lowest BCUT2D eigenvalue weighted by Gasteiger charge is -2.44. The summed E-state index contributed by atoms with van der Waals surface area (Å²) in [6, 6.07) is 5.36. The molecule has 1 amide bonds. The predicted octanol–water partition coefficient (Wildman–Crippen LogP) is 0.544. The maximum absolute atomic E-state index is 12.8. The van der Waals surface area contributed by atoms with Gasteiger partial charge in [-0.3, -0.25) is 4.79 Å². The van der Waals surface area contributed by atoms with E-state index in [2.05, 4.69) is 0 Å². The fourth-order valence-corrected chi connectivity index (χ4v) is 2.86. The Balaban J connectivity index is 1.88. The molecule has 0 radical (unpaired) electrons. The van der Waals surface area contributed by atoms with E-state index in [0.717, 1.165) is 11.0 Å². The molecule has 3 rings (SSSR count). The van der Waals surface area contributed by atoms with Crippen LogP contribution in [0.1, 0.15) is 36.7 Å². The van der Waals surface area contributed by atoms with Crippen LogP contribution in [-0.2, 0) is 16.0 Å². The molecule has 1 aromatic carbocycles. The van der Waals surface area contributed by atoms with Crippen LogP contribution in [0, 0.1) is 0 Å². The van der Waals surface area contributed by atoms with Crippen LogP contribution in [-0.4, -0.2) is 47.7 Å². The third-order valence-corrected chi connectivity index (χ3v) is 4.19. The van der Waals surface area contributed by atoms with Crippen LogP contribution < -0.4 is 5.46 Å². The van der Waals surface area contributed by atoms with Crippen LogP contribution in [0.4, 0.5) is 0 Å². The van der Waals surface area contributed by atoms with Gasteiger partial charge in [-0.05, 0) is 43.9 Å².